The molecule has 3 nitrogen and oxygen atoms in total. The van der Waals surface area contributed by atoms with E-state index in [-0.39, 0.29) is 27.3 Å². The summed E-state index contributed by atoms with van der Waals surface area (Å²) in [6.45, 7) is 0. The van der Waals surface area contributed by atoms with Crippen molar-refractivity contribution in [3.8, 4) is 50.5 Å². The van der Waals surface area contributed by atoms with Gasteiger partial charge in [-0.1, -0.05) is 114 Å². The first-order valence-electron chi connectivity index (χ1n) is 17.0. The third kappa shape index (κ3) is 4.97. The Labute approximate surface area is 308 Å². The van der Waals surface area contributed by atoms with E-state index in [2.05, 4.69) is 113 Å². The molecule has 0 bridgehead atoms. The molecule has 0 fully saturated rings. The summed E-state index contributed by atoms with van der Waals surface area (Å²) < 4.78 is 2.05. The van der Waals surface area contributed by atoms with Crippen molar-refractivity contribution in [2.24, 2.45) is 0 Å². The largest absolute Gasteiger partial charge is 0.292 e. The first-order valence-corrected chi connectivity index (χ1v) is 17.0. The van der Waals surface area contributed by atoms with Crippen molar-refractivity contribution in [3.63, 3.8) is 0 Å². The first kappa shape index (κ1) is 31.9. The number of benzene rings is 7. The summed E-state index contributed by atoms with van der Waals surface area (Å²) in [5.41, 5.74) is 10.6. The monoisotopic (exact) mass is 649 g/mol. The van der Waals surface area contributed by atoms with E-state index in [9.17, 15) is 0 Å². The molecule has 7 aromatic carbocycles. The number of rotatable bonds is 5. The average Bonchev–Trinajstić information content (AvgIpc) is 3.58. The van der Waals surface area contributed by atoms with Crippen LogP contribution in [0.1, 0.15) is 0 Å². The molecule has 8 heteroatoms. The van der Waals surface area contributed by atoms with Crippen LogP contribution in [0.5, 0.6) is 0 Å². The minimum atomic E-state index is 0.161. The van der Waals surface area contributed by atoms with Crippen LogP contribution >= 0.6 is 0 Å². The number of fused-ring (bicyclic) bond motifs is 3. The van der Waals surface area contributed by atoms with E-state index < -0.39 is 0 Å². The van der Waals surface area contributed by atoms with Crippen LogP contribution in [0, 0.1) is 0 Å². The average molecular weight is 649 g/mol. The van der Waals surface area contributed by atoms with Crippen LogP contribution in [0.25, 0.3) is 83.0 Å². The molecule has 0 amide bonds. The molecule has 10 radical (unpaired) electrons. The molecule has 9 rings (SSSR count). The van der Waals surface area contributed by atoms with E-state index in [1.54, 1.807) is 6.20 Å². The summed E-state index contributed by atoms with van der Waals surface area (Å²) in [6.07, 6.45) is 3.73. The lowest BCUT2D eigenvalue weighted by atomic mass is 9.60. The number of aromatic nitrogens is 3. The third-order valence-corrected chi connectivity index (χ3v) is 9.98. The highest BCUT2D eigenvalue weighted by Crippen LogP contribution is 2.46. The van der Waals surface area contributed by atoms with E-state index in [1.807, 2.05) is 36.5 Å². The fourth-order valence-corrected chi connectivity index (χ4v) is 7.55. The smallest absolute Gasteiger partial charge is 0.144 e. The van der Waals surface area contributed by atoms with Gasteiger partial charge in [-0.15, -0.1) is 16.4 Å². The van der Waals surface area contributed by atoms with Crippen molar-refractivity contribution < 1.29 is 0 Å². The molecule has 230 valence electrons. The molecule has 0 unspecified atom stereocenters. The molecule has 2 heterocycles. The van der Waals surface area contributed by atoms with Crippen molar-refractivity contribution in [1.29, 1.82) is 0 Å². The molecule has 0 aliphatic carbocycles. The van der Waals surface area contributed by atoms with Crippen LogP contribution in [0.2, 0.25) is 0 Å². The van der Waals surface area contributed by atoms with Gasteiger partial charge in [0.05, 0.1) is 11.0 Å². The van der Waals surface area contributed by atoms with E-state index in [1.165, 1.54) is 5.56 Å². The zero-order chi connectivity index (χ0) is 35.5. The van der Waals surface area contributed by atoms with Gasteiger partial charge in [0.25, 0.3) is 0 Å². The van der Waals surface area contributed by atoms with Gasteiger partial charge in [-0.25, -0.2) is 4.98 Å². The zero-order valence-electron chi connectivity index (χ0n) is 28.1. The Kier molecular flexibility index (Phi) is 7.77. The van der Waals surface area contributed by atoms with Crippen molar-refractivity contribution >= 4 is 99.1 Å². The first-order chi connectivity index (χ1) is 25.4. The molecule has 0 aliphatic heterocycles. The van der Waals surface area contributed by atoms with E-state index in [0.717, 1.165) is 66.1 Å². The van der Waals surface area contributed by atoms with Crippen molar-refractivity contribution in [3.05, 3.63) is 146 Å². The lowest BCUT2D eigenvalue weighted by Crippen LogP contribution is -2.55. The summed E-state index contributed by atoms with van der Waals surface area (Å²) in [4.78, 5) is 9.45. The topological polar surface area (TPSA) is 30.7 Å². The number of nitrogens with zero attached hydrogens (tertiary/aromatic N) is 3. The van der Waals surface area contributed by atoms with Gasteiger partial charge in [0, 0.05) is 29.2 Å². The second kappa shape index (κ2) is 12.6. The van der Waals surface area contributed by atoms with E-state index in [4.69, 9.17) is 44.2 Å². The Bertz CT molecular complexity index is 2780. The molecule has 0 spiro atoms. The predicted molar refractivity (Wildman–Crippen MR) is 223 cm³/mol. The summed E-state index contributed by atoms with van der Waals surface area (Å²) in [5, 5.41) is 4.58. The minimum absolute atomic E-state index is 0.161. The van der Waals surface area contributed by atoms with Crippen molar-refractivity contribution in [1.82, 2.24) is 14.5 Å². The van der Waals surface area contributed by atoms with Crippen LogP contribution in [0.4, 0.5) is 0 Å². The predicted octanol–water partition coefficient (Wildman–Crippen LogP) is 5.36. The quantitative estimate of drug-likeness (QED) is 0.186. The van der Waals surface area contributed by atoms with Gasteiger partial charge < -0.3 is 0 Å². The van der Waals surface area contributed by atoms with Gasteiger partial charge in [-0.2, -0.15) is 0 Å². The Balaban J connectivity index is 1.32. The number of para-hydroxylation sites is 2. The molecule has 0 saturated carbocycles. The summed E-state index contributed by atoms with van der Waals surface area (Å²) in [5.74, 6) is 0.517. The van der Waals surface area contributed by atoms with Crippen LogP contribution in [0.15, 0.2) is 146 Å². The molecular weight excluding hydrogens is 625 g/mol. The maximum atomic E-state index is 6.61. The standard InChI is InChI=1S/C44H24B5N3/c45-39-38(40(46)42(48)43(49)41(39)47)44-51-34-20-7-8-21-35(34)52(44)27-13-9-11-25(23-27)36-30-16-3-5-18-32(30)37(33-19-6-4-17-31(33)36)29-15-2-1-14-28(29)26-12-10-22-50-24-26/h1-24H. The normalized spacial score (nSPS) is 11.5. The van der Waals surface area contributed by atoms with Crippen molar-refractivity contribution in [2.45, 2.75) is 0 Å². The SMILES string of the molecule is [B]c1c([B])c([B])c(-c2nc3ccccc3n2-c2cccc(-c3c4ccccc4c(-c4ccccc4-c4cccnc4)c4ccccc34)c2)c([B])c1[B]. The fourth-order valence-electron chi connectivity index (χ4n) is 7.55. The number of hydrogen-bond acceptors (Lipinski definition) is 2. The molecule has 2 aromatic heterocycles. The van der Waals surface area contributed by atoms with Crippen LogP contribution in [-0.2, 0) is 0 Å². The van der Waals surface area contributed by atoms with Gasteiger partial charge in [-0.3, -0.25) is 9.55 Å². The molecule has 0 saturated heterocycles. The third-order valence-electron chi connectivity index (χ3n) is 9.98. The summed E-state index contributed by atoms with van der Waals surface area (Å²) in [6, 6.07) is 46.3. The molecule has 0 atom stereocenters. The van der Waals surface area contributed by atoms with Gasteiger partial charge in [-0.05, 0) is 79.7 Å². The maximum Gasteiger partial charge on any atom is 0.144 e. The number of hydrogen-bond donors (Lipinski definition) is 0. The van der Waals surface area contributed by atoms with Gasteiger partial charge >= 0.3 is 0 Å². The molecule has 0 N–H and O–H groups in total. The molecule has 9 aromatic rings. The molecule has 0 aliphatic rings. The lowest BCUT2D eigenvalue weighted by molar-refractivity contribution is 1.11. The summed E-state index contributed by atoms with van der Waals surface area (Å²) in [7, 11) is 32.1. The van der Waals surface area contributed by atoms with Crippen LogP contribution in [-0.4, -0.2) is 53.8 Å². The Hall–Kier alpha value is -6.00. The number of pyridine rings is 1. The zero-order valence-corrected chi connectivity index (χ0v) is 28.1. The highest BCUT2D eigenvalue weighted by atomic mass is 15.1. The number of imidazole rings is 1. The maximum absolute atomic E-state index is 6.61. The summed E-state index contributed by atoms with van der Waals surface area (Å²) >= 11 is 0. The van der Waals surface area contributed by atoms with E-state index >= 15 is 0 Å². The Morgan fingerprint density at radius 1 is 0.442 bits per heavy atom. The molecule has 52 heavy (non-hydrogen) atoms. The second-order valence-corrected chi connectivity index (χ2v) is 12.9. The highest BCUT2D eigenvalue weighted by molar-refractivity contribution is 6.68. The Morgan fingerprint density at radius 3 is 1.65 bits per heavy atom. The fraction of sp³-hybridized carbons (Fsp3) is 0. The molecular formula is C44H24B5N3. The Morgan fingerprint density at radius 2 is 1.00 bits per heavy atom. The van der Waals surface area contributed by atoms with Gasteiger partial charge in [0.1, 0.15) is 45.1 Å². The van der Waals surface area contributed by atoms with Gasteiger partial charge in [0.15, 0.2) is 0 Å². The van der Waals surface area contributed by atoms with Gasteiger partial charge in [0.2, 0.25) is 0 Å². The highest BCUT2D eigenvalue weighted by Gasteiger charge is 2.22. The van der Waals surface area contributed by atoms with E-state index in [0.29, 0.717) is 11.4 Å². The second-order valence-electron chi connectivity index (χ2n) is 12.9. The lowest BCUT2D eigenvalue weighted by Gasteiger charge is -2.22. The minimum Gasteiger partial charge on any atom is -0.292 e. The van der Waals surface area contributed by atoms with Crippen LogP contribution < -0.4 is 27.3 Å². The van der Waals surface area contributed by atoms with Crippen LogP contribution in [0.3, 0.4) is 0 Å². The van der Waals surface area contributed by atoms with Crippen molar-refractivity contribution in [2.75, 3.05) is 0 Å².